The van der Waals surface area contributed by atoms with Crippen molar-refractivity contribution in [2.45, 2.75) is 44.9 Å². The lowest BCUT2D eigenvalue weighted by Gasteiger charge is -2.35. The quantitative estimate of drug-likeness (QED) is 0.524. The topological polar surface area (TPSA) is 84.7 Å². The molecule has 3 rings (SSSR count). The first-order chi connectivity index (χ1) is 16.2. The monoisotopic (exact) mass is 459 g/mol. The van der Waals surface area contributed by atoms with Gasteiger partial charge in [0.2, 0.25) is 11.8 Å². The number of carbonyl (C=O) groups is 2. The molecule has 2 amide bonds. The Bertz CT molecular complexity index is 1080. The van der Waals surface area contributed by atoms with Crippen molar-refractivity contribution in [1.82, 2.24) is 10.2 Å². The summed E-state index contributed by atoms with van der Waals surface area (Å²) in [5.74, 6) is 0.119. The minimum atomic E-state index is -0.909. The van der Waals surface area contributed by atoms with Crippen molar-refractivity contribution in [3.63, 3.8) is 0 Å². The van der Waals surface area contributed by atoms with Gasteiger partial charge < -0.3 is 20.7 Å². The summed E-state index contributed by atoms with van der Waals surface area (Å²) in [7, 11) is 1.60. The van der Waals surface area contributed by atoms with E-state index in [1.165, 1.54) is 0 Å². The largest absolute Gasteiger partial charge is 0.497 e. The lowest BCUT2D eigenvalue weighted by Crippen LogP contribution is -2.50. The van der Waals surface area contributed by atoms with Crippen LogP contribution in [0.3, 0.4) is 0 Å². The van der Waals surface area contributed by atoms with Crippen molar-refractivity contribution in [1.29, 1.82) is 0 Å². The van der Waals surface area contributed by atoms with Gasteiger partial charge >= 0.3 is 0 Å². The van der Waals surface area contributed by atoms with Crippen molar-refractivity contribution in [2.75, 3.05) is 7.11 Å². The smallest absolute Gasteiger partial charge is 0.247 e. The molecule has 2 atom stereocenters. The molecule has 0 aliphatic carbocycles. The molecule has 6 heteroatoms. The molecule has 0 saturated carbocycles. The number of amides is 2. The van der Waals surface area contributed by atoms with Gasteiger partial charge in [-0.2, -0.15) is 0 Å². The molecule has 0 aliphatic heterocycles. The lowest BCUT2D eigenvalue weighted by atomic mass is 9.98. The molecule has 2 unspecified atom stereocenters. The fourth-order valence-electron chi connectivity index (χ4n) is 3.75. The van der Waals surface area contributed by atoms with Crippen molar-refractivity contribution in [3.8, 4) is 5.75 Å². The minimum absolute atomic E-state index is 0.209. The van der Waals surface area contributed by atoms with Crippen LogP contribution in [0.5, 0.6) is 5.75 Å². The van der Waals surface area contributed by atoms with E-state index >= 15 is 0 Å². The van der Waals surface area contributed by atoms with E-state index in [0.29, 0.717) is 16.9 Å². The molecule has 0 saturated heterocycles. The third kappa shape index (κ3) is 6.45. The van der Waals surface area contributed by atoms with E-state index in [4.69, 9.17) is 10.5 Å². The molecular formula is C28H33N3O3. The van der Waals surface area contributed by atoms with Crippen molar-refractivity contribution in [3.05, 3.63) is 102 Å². The van der Waals surface area contributed by atoms with E-state index in [2.05, 4.69) is 5.32 Å². The molecule has 3 aromatic carbocycles. The number of nitrogens with one attached hydrogen (secondary N) is 1. The zero-order valence-corrected chi connectivity index (χ0v) is 20.2. The molecule has 0 fully saturated rings. The Labute approximate surface area is 201 Å². The molecule has 0 bridgehead atoms. The maximum absolute atomic E-state index is 13.9. The zero-order chi connectivity index (χ0) is 24.7. The summed E-state index contributed by atoms with van der Waals surface area (Å²) in [6.07, 6.45) is 0. The van der Waals surface area contributed by atoms with Crippen molar-refractivity contribution in [2.24, 2.45) is 5.73 Å². The molecule has 0 spiro atoms. The van der Waals surface area contributed by atoms with Gasteiger partial charge in [0.15, 0.2) is 0 Å². The minimum Gasteiger partial charge on any atom is -0.497 e. The Morgan fingerprint density at radius 3 is 1.91 bits per heavy atom. The van der Waals surface area contributed by atoms with Gasteiger partial charge in [-0.25, -0.2) is 0 Å². The second kappa shape index (κ2) is 11.0. The van der Waals surface area contributed by atoms with E-state index in [1.807, 2.05) is 106 Å². The van der Waals surface area contributed by atoms with Gasteiger partial charge in [0.25, 0.3) is 0 Å². The summed E-state index contributed by atoms with van der Waals surface area (Å²) in [6.45, 7) is 5.95. The number of ether oxygens (including phenoxy) is 1. The van der Waals surface area contributed by atoms with Gasteiger partial charge in [0, 0.05) is 12.1 Å². The summed E-state index contributed by atoms with van der Waals surface area (Å²) in [5.41, 5.74) is 8.23. The highest BCUT2D eigenvalue weighted by Crippen LogP contribution is 2.28. The standard InChI is InChI=1S/C28H33N3O3/c1-28(2,3)30-26(32)25(22-13-9-6-10-14-22)31(19-20-15-17-23(34-4)18-16-20)27(33)24(29)21-11-7-5-8-12-21/h5-18,24-25H,19,29H2,1-4H3,(H,30,32). The maximum Gasteiger partial charge on any atom is 0.247 e. The van der Waals surface area contributed by atoms with Crippen LogP contribution in [-0.4, -0.2) is 29.4 Å². The number of benzene rings is 3. The number of methoxy groups -OCH3 is 1. The number of carbonyl (C=O) groups excluding carboxylic acids is 2. The molecule has 0 heterocycles. The first-order valence-corrected chi connectivity index (χ1v) is 11.3. The SMILES string of the molecule is COc1ccc(CN(C(=O)C(N)c2ccccc2)C(C(=O)NC(C)(C)C)c2ccccc2)cc1. The number of nitrogens with zero attached hydrogens (tertiary/aromatic N) is 1. The summed E-state index contributed by atoms with van der Waals surface area (Å²) in [4.78, 5) is 29.0. The highest BCUT2D eigenvalue weighted by Gasteiger charge is 2.35. The molecule has 0 radical (unpaired) electrons. The normalized spacial score (nSPS) is 13.0. The van der Waals surface area contributed by atoms with E-state index in [-0.39, 0.29) is 18.4 Å². The van der Waals surface area contributed by atoms with Crippen LogP contribution in [-0.2, 0) is 16.1 Å². The summed E-state index contributed by atoms with van der Waals surface area (Å²) in [5, 5.41) is 3.04. The van der Waals surface area contributed by atoms with Crippen LogP contribution in [0.2, 0.25) is 0 Å². The van der Waals surface area contributed by atoms with Gasteiger partial charge in [-0.1, -0.05) is 72.8 Å². The lowest BCUT2D eigenvalue weighted by molar-refractivity contribution is -0.143. The molecule has 178 valence electrons. The average molecular weight is 460 g/mol. The second-order valence-electron chi connectivity index (χ2n) is 9.26. The van der Waals surface area contributed by atoms with Crippen LogP contribution in [0.4, 0.5) is 0 Å². The fraction of sp³-hybridized carbons (Fsp3) is 0.286. The summed E-state index contributed by atoms with van der Waals surface area (Å²) in [6, 6.07) is 24.2. The number of rotatable bonds is 8. The van der Waals surface area contributed by atoms with E-state index in [1.54, 1.807) is 12.0 Å². The van der Waals surface area contributed by atoms with E-state index < -0.39 is 17.6 Å². The van der Waals surface area contributed by atoms with Crippen molar-refractivity contribution >= 4 is 11.8 Å². The molecule has 3 N–H and O–H groups in total. The molecule has 0 aliphatic rings. The Morgan fingerprint density at radius 2 is 1.41 bits per heavy atom. The molecule has 6 nitrogen and oxygen atoms in total. The third-order valence-electron chi connectivity index (χ3n) is 5.39. The van der Waals surface area contributed by atoms with E-state index in [0.717, 1.165) is 5.56 Å². The Kier molecular flexibility index (Phi) is 8.08. The Balaban J connectivity index is 2.06. The van der Waals surface area contributed by atoms with Crippen LogP contribution in [0.25, 0.3) is 0 Å². The fourth-order valence-corrected chi connectivity index (χ4v) is 3.75. The van der Waals surface area contributed by atoms with Crippen LogP contribution < -0.4 is 15.8 Å². The molecular weight excluding hydrogens is 426 g/mol. The number of nitrogens with two attached hydrogens (primary N) is 1. The first-order valence-electron chi connectivity index (χ1n) is 11.3. The summed E-state index contributed by atoms with van der Waals surface area (Å²) >= 11 is 0. The predicted octanol–water partition coefficient (Wildman–Crippen LogP) is 4.38. The van der Waals surface area contributed by atoms with Gasteiger partial charge in [-0.3, -0.25) is 9.59 Å². The second-order valence-corrected chi connectivity index (χ2v) is 9.26. The van der Waals surface area contributed by atoms with Gasteiger partial charge in [0.1, 0.15) is 17.8 Å². The van der Waals surface area contributed by atoms with Crippen LogP contribution in [0.15, 0.2) is 84.9 Å². The van der Waals surface area contributed by atoms with Gasteiger partial charge in [-0.15, -0.1) is 0 Å². The molecule has 34 heavy (non-hydrogen) atoms. The van der Waals surface area contributed by atoms with Crippen molar-refractivity contribution < 1.29 is 14.3 Å². The van der Waals surface area contributed by atoms with Gasteiger partial charge in [0.05, 0.1) is 7.11 Å². The zero-order valence-electron chi connectivity index (χ0n) is 20.2. The maximum atomic E-state index is 13.9. The third-order valence-corrected chi connectivity index (χ3v) is 5.39. The Hall–Kier alpha value is -3.64. The Morgan fingerprint density at radius 1 is 0.882 bits per heavy atom. The highest BCUT2D eigenvalue weighted by atomic mass is 16.5. The van der Waals surface area contributed by atoms with E-state index in [9.17, 15) is 9.59 Å². The highest BCUT2D eigenvalue weighted by molar-refractivity contribution is 5.91. The van der Waals surface area contributed by atoms with Gasteiger partial charge in [-0.05, 0) is 49.6 Å². The number of hydrogen-bond acceptors (Lipinski definition) is 4. The molecule has 0 aromatic heterocycles. The molecule has 3 aromatic rings. The predicted molar refractivity (Wildman–Crippen MR) is 134 cm³/mol. The van der Waals surface area contributed by atoms with Crippen LogP contribution in [0, 0.1) is 0 Å². The summed E-state index contributed by atoms with van der Waals surface area (Å²) < 4.78 is 5.26. The van der Waals surface area contributed by atoms with Crippen LogP contribution in [0.1, 0.15) is 49.5 Å². The van der Waals surface area contributed by atoms with Crippen LogP contribution >= 0.6 is 0 Å². The number of hydrogen-bond donors (Lipinski definition) is 2. The first kappa shape index (κ1) is 25.0. The average Bonchev–Trinajstić information content (AvgIpc) is 2.83.